The van der Waals surface area contributed by atoms with Gasteiger partial charge >= 0.3 is 18.5 Å². The molecule has 2 N–H and O–H groups in total. The van der Waals surface area contributed by atoms with Crippen molar-refractivity contribution in [2.75, 3.05) is 5.73 Å². The zero-order valence-electron chi connectivity index (χ0n) is 21.1. The molecule has 0 aliphatic heterocycles. The Hall–Kier alpha value is -5.08. The monoisotopic (exact) mass is 604 g/mol. The van der Waals surface area contributed by atoms with Crippen LogP contribution in [0.2, 0.25) is 0 Å². The lowest BCUT2D eigenvalue weighted by atomic mass is 10.0. The maximum absolute atomic E-state index is 13.5. The van der Waals surface area contributed by atoms with Gasteiger partial charge in [0.25, 0.3) is 0 Å². The molecule has 1 aliphatic rings. The predicted octanol–water partition coefficient (Wildman–Crippen LogP) is 8.19. The summed E-state index contributed by atoms with van der Waals surface area (Å²) in [5, 5.41) is 0. The summed E-state index contributed by atoms with van der Waals surface area (Å²) in [5.74, 6) is 0. The number of alkyl halides is 9. The quantitative estimate of drug-likeness (QED) is 0.0902. The molecule has 0 unspecified atom stereocenters. The van der Waals surface area contributed by atoms with E-state index in [2.05, 4.69) is 31.5 Å². The van der Waals surface area contributed by atoms with E-state index in [1.54, 1.807) is 0 Å². The molecule has 218 valence electrons. The van der Waals surface area contributed by atoms with Gasteiger partial charge in [-0.15, -0.1) is 0 Å². The van der Waals surface area contributed by atoms with Crippen molar-refractivity contribution in [1.29, 1.82) is 0 Å². The lowest BCUT2D eigenvalue weighted by molar-refractivity contribution is -0.138. The Morgan fingerprint density at radius 3 is 1.60 bits per heavy atom. The molecule has 43 heavy (non-hydrogen) atoms. The lowest BCUT2D eigenvalue weighted by Crippen LogP contribution is -2.15. The molecule has 0 fully saturated rings. The second kappa shape index (κ2) is 9.21. The molecule has 0 radical (unpaired) electrons. The predicted molar refractivity (Wildman–Crippen MR) is 142 cm³/mol. The minimum atomic E-state index is -4.75. The van der Waals surface area contributed by atoms with Crippen LogP contribution >= 0.6 is 0 Å². The average molecular weight is 604 g/mol. The summed E-state index contributed by atoms with van der Waals surface area (Å²) in [7, 11) is 0. The van der Waals surface area contributed by atoms with Crippen molar-refractivity contribution in [3.05, 3.63) is 83.5 Å². The molecule has 1 aliphatic carbocycles. The third-order valence-corrected chi connectivity index (χ3v) is 6.59. The Labute approximate surface area is 233 Å². The van der Waals surface area contributed by atoms with E-state index >= 15 is 0 Å². The summed E-state index contributed by atoms with van der Waals surface area (Å²) in [4.78, 5) is 21.6. The largest absolute Gasteiger partial charge is 0.416 e. The Morgan fingerprint density at radius 1 is 0.605 bits per heavy atom. The minimum absolute atomic E-state index is 0.0104. The van der Waals surface area contributed by atoms with Gasteiger partial charge in [-0.05, 0) is 54.1 Å². The van der Waals surface area contributed by atoms with Crippen LogP contribution in [0.15, 0.2) is 77.3 Å². The first-order valence-corrected chi connectivity index (χ1v) is 12.0. The highest BCUT2D eigenvalue weighted by molar-refractivity contribution is 6.19. The van der Waals surface area contributed by atoms with Crippen LogP contribution in [0.4, 0.5) is 50.9 Å². The summed E-state index contributed by atoms with van der Waals surface area (Å²) in [6.07, 6.45) is -11.6. The van der Waals surface area contributed by atoms with E-state index < -0.39 is 35.2 Å². The first-order valence-electron chi connectivity index (χ1n) is 12.0. The first-order chi connectivity index (χ1) is 20.0. The van der Waals surface area contributed by atoms with Gasteiger partial charge in [-0.3, -0.25) is 0 Å². The van der Waals surface area contributed by atoms with E-state index in [-0.39, 0.29) is 66.8 Å². The third kappa shape index (κ3) is 4.89. The number of anilines is 1. The summed E-state index contributed by atoms with van der Waals surface area (Å²) in [6, 6.07) is 5.19. The fraction of sp³-hybridized carbons (Fsp3) is 0.107. The highest BCUT2D eigenvalue weighted by Gasteiger charge is 2.34. The van der Waals surface area contributed by atoms with Gasteiger partial charge in [0.2, 0.25) is 0 Å². The number of benzene rings is 3. The van der Waals surface area contributed by atoms with Crippen LogP contribution in [0, 0.1) is 0 Å². The third-order valence-electron chi connectivity index (χ3n) is 6.59. The number of hydrogen-bond donors (Lipinski definition) is 1. The van der Waals surface area contributed by atoms with Gasteiger partial charge in [0.05, 0.1) is 50.2 Å². The van der Waals surface area contributed by atoms with Crippen LogP contribution in [0.25, 0.3) is 44.1 Å². The van der Waals surface area contributed by atoms with Crippen molar-refractivity contribution < 1.29 is 39.5 Å². The molecule has 0 atom stereocenters. The second-order valence-electron chi connectivity index (χ2n) is 9.46. The van der Waals surface area contributed by atoms with Crippen LogP contribution in [0.3, 0.4) is 0 Å². The Balaban J connectivity index is 1.73. The van der Waals surface area contributed by atoms with Gasteiger partial charge in [0.1, 0.15) is 27.8 Å². The van der Waals surface area contributed by atoms with E-state index in [1.165, 1.54) is 0 Å². The molecular formula is C28H13F9N6. The number of aromatic nitrogens is 4. The fourth-order valence-corrected chi connectivity index (χ4v) is 4.46. The maximum atomic E-state index is 13.5. The van der Waals surface area contributed by atoms with Crippen LogP contribution in [0.5, 0.6) is 0 Å². The van der Waals surface area contributed by atoms with E-state index in [1.807, 2.05) is 0 Å². The van der Waals surface area contributed by atoms with Crippen LogP contribution < -0.4 is 5.73 Å². The molecule has 3 aromatic carbocycles. The fourth-order valence-electron chi connectivity index (χ4n) is 4.46. The number of allylic oxidation sites excluding steroid dienone is 5. The molecular weight excluding hydrogens is 591 g/mol. The number of fused-ring (bicyclic) bond motifs is 5. The molecule has 5 aromatic rings. The lowest BCUT2D eigenvalue weighted by Gasteiger charge is -2.16. The van der Waals surface area contributed by atoms with E-state index in [0.29, 0.717) is 6.08 Å². The highest BCUT2D eigenvalue weighted by Crippen LogP contribution is 2.41. The minimum Gasteiger partial charge on any atom is -0.395 e. The number of nitrogens with two attached hydrogens (primary N) is 1. The molecule has 2 aromatic heterocycles. The average Bonchev–Trinajstić information content (AvgIpc) is 2.92. The number of nitrogens with zero attached hydrogens (tertiary/aromatic N) is 5. The van der Waals surface area contributed by atoms with Gasteiger partial charge in [-0.2, -0.15) is 39.5 Å². The zero-order valence-corrected chi connectivity index (χ0v) is 21.1. The van der Waals surface area contributed by atoms with Crippen LogP contribution in [-0.2, 0) is 12.4 Å². The highest BCUT2D eigenvalue weighted by atomic mass is 19.4. The zero-order chi connectivity index (χ0) is 31.1. The summed E-state index contributed by atoms with van der Waals surface area (Å²) in [5.41, 5.74) is 1.25. The van der Waals surface area contributed by atoms with Crippen molar-refractivity contribution in [3.63, 3.8) is 0 Å². The van der Waals surface area contributed by atoms with Gasteiger partial charge in [-0.25, -0.2) is 24.9 Å². The Morgan fingerprint density at radius 2 is 1.09 bits per heavy atom. The van der Waals surface area contributed by atoms with Gasteiger partial charge in [0, 0.05) is 0 Å². The molecule has 0 saturated heterocycles. The van der Waals surface area contributed by atoms with Crippen LogP contribution in [0.1, 0.15) is 11.1 Å². The topological polar surface area (TPSA) is 89.9 Å². The number of hydrogen-bond acceptors (Lipinski definition) is 6. The van der Waals surface area contributed by atoms with Crippen molar-refractivity contribution in [2.24, 2.45) is 4.99 Å². The van der Waals surface area contributed by atoms with E-state index in [0.717, 1.165) is 48.6 Å². The van der Waals surface area contributed by atoms with Crippen molar-refractivity contribution in [2.45, 2.75) is 18.5 Å². The van der Waals surface area contributed by atoms with Gasteiger partial charge < -0.3 is 5.73 Å². The molecule has 2 heterocycles. The summed E-state index contributed by atoms with van der Waals surface area (Å²) in [6.45, 7) is 3.68. The number of aliphatic imine (C=N–C) groups is 1. The van der Waals surface area contributed by atoms with Crippen LogP contribution in [-0.4, -0.2) is 31.8 Å². The number of nitrogen functional groups attached to an aromatic ring is 1. The van der Waals surface area contributed by atoms with E-state index in [4.69, 9.17) is 5.73 Å². The SMILES string of the molecule is C=C1C=CC(C(F)(F)F)=CC1=Nc1c(N)c2nc3cc(C(F)(F)F)ccc3nc2c2nc3ccc(C(F)(F)F)cc3nc12. The molecule has 15 heteroatoms. The molecule has 0 bridgehead atoms. The van der Waals surface area contributed by atoms with Crippen molar-refractivity contribution in [3.8, 4) is 0 Å². The second-order valence-corrected chi connectivity index (χ2v) is 9.46. The first kappa shape index (κ1) is 28.1. The number of halogens is 9. The van der Waals surface area contributed by atoms with Gasteiger partial charge in [0.15, 0.2) is 0 Å². The summed E-state index contributed by atoms with van der Waals surface area (Å²) >= 11 is 0. The normalized spacial score (nSPS) is 15.8. The van der Waals surface area contributed by atoms with Gasteiger partial charge in [-0.1, -0.05) is 12.7 Å². The Kier molecular flexibility index (Phi) is 6.01. The molecule has 0 spiro atoms. The Bertz CT molecular complexity index is 2120. The van der Waals surface area contributed by atoms with E-state index in [9.17, 15) is 39.5 Å². The maximum Gasteiger partial charge on any atom is 0.416 e. The molecule has 6 nitrogen and oxygen atoms in total. The molecule has 6 rings (SSSR count). The molecule has 0 saturated carbocycles. The smallest absolute Gasteiger partial charge is 0.395 e. The summed E-state index contributed by atoms with van der Waals surface area (Å²) < 4.78 is 121. The number of rotatable bonds is 1. The van der Waals surface area contributed by atoms with Crippen molar-refractivity contribution >= 4 is 61.2 Å². The standard InChI is InChI=1S/C28H13F9N6/c1-11-2-3-12(26(29,30)31)8-17(11)41-21-20(38)22-23(39-15-6-4-13(27(32,33)34)9-18(15)42-22)25-24(21)43-19-10-14(28(35,36)37)5-7-16(19)40-25/h2-10H,1,38H2. The van der Waals surface area contributed by atoms with Crippen molar-refractivity contribution in [1.82, 2.24) is 19.9 Å². The molecule has 0 amide bonds.